The molecule has 2 aromatic carbocycles. The minimum Gasteiger partial charge on any atom is -0.497 e. The van der Waals surface area contributed by atoms with Crippen molar-refractivity contribution in [2.75, 3.05) is 38.2 Å². The molecule has 2 aromatic heterocycles. The molecule has 0 aliphatic carbocycles. The molecule has 158 valence electrons. The maximum Gasteiger partial charge on any atom is 0.253 e. The summed E-state index contributed by atoms with van der Waals surface area (Å²) in [6.07, 6.45) is 2.54. The van der Waals surface area contributed by atoms with Crippen LogP contribution in [0.5, 0.6) is 5.75 Å². The molecule has 3 heterocycles. The average Bonchev–Trinajstić information content (AvgIpc) is 3.43. The van der Waals surface area contributed by atoms with Crippen molar-refractivity contribution in [1.29, 1.82) is 0 Å². The van der Waals surface area contributed by atoms with E-state index in [0.29, 0.717) is 12.1 Å². The largest absolute Gasteiger partial charge is 0.497 e. The lowest BCUT2D eigenvalue weighted by Crippen LogP contribution is -2.35. The van der Waals surface area contributed by atoms with Crippen LogP contribution in [0.4, 0.5) is 5.82 Å². The van der Waals surface area contributed by atoms with Crippen LogP contribution in [0.25, 0.3) is 22.3 Å². The summed E-state index contributed by atoms with van der Waals surface area (Å²) in [6.45, 7) is 2.98. The second-order valence-electron chi connectivity index (χ2n) is 7.64. The maximum absolute atomic E-state index is 13.0. The number of carbonyl (C=O) groups is 1. The van der Waals surface area contributed by atoms with E-state index in [2.05, 4.69) is 31.1 Å². The standard InChI is InChI=1S/C23H24N6O2/c1-31-18-6-3-16(4-7-18)20-14-22(27-26-20)28-9-2-10-29(12-11-28)23(30)17-5-8-19-21(13-17)25-15-24-19/h3-8,13-15H,2,9-12H2,1H3,(H,24,25)(H,26,27). The van der Waals surface area contributed by atoms with E-state index < -0.39 is 0 Å². The van der Waals surface area contributed by atoms with Gasteiger partial charge in [0, 0.05) is 37.8 Å². The van der Waals surface area contributed by atoms with Gasteiger partial charge >= 0.3 is 0 Å². The molecule has 0 radical (unpaired) electrons. The van der Waals surface area contributed by atoms with Gasteiger partial charge < -0.3 is 19.5 Å². The van der Waals surface area contributed by atoms with Crippen LogP contribution >= 0.6 is 0 Å². The number of rotatable bonds is 4. The van der Waals surface area contributed by atoms with Gasteiger partial charge in [0.2, 0.25) is 0 Å². The molecule has 4 aromatic rings. The second-order valence-corrected chi connectivity index (χ2v) is 7.64. The number of ether oxygens (including phenoxy) is 1. The van der Waals surface area contributed by atoms with Crippen LogP contribution in [0.1, 0.15) is 16.8 Å². The number of hydrogen-bond donors (Lipinski definition) is 2. The number of aromatic amines is 2. The monoisotopic (exact) mass is 416 g/mol. The van der Waals surface area contributed by atoms with Gasteiger partial charge in [-0.3, -0.25) is 9.89 Å². The lowest BCUT2D eigenvalue weighted by molar-refractivity contribution is 0.0767. The first-order chi connectivity index (χ1) is 15.2. The van der Waals surface area contributed by atoms with Gasteiger partial charge in [0.1, 0.15) is 5.75 Å². The molecule has 8 nitrogen and oxygen atoms in total. The summed E-state index contributed by atoms with van der Waals surface area (Å²) in [5, 5.41) is 7.64. The fourth-order valence-electron chi connectivity index (χ4n) is 3.99. The van der Waals surface area contributed by atoms with Crippen LogP contribution in [0.2, 0.25) is 0 Å². The van der Waals surface area contributed by atoms with Gasteiger partial charge in [-0.2, -0.15) is 5.10 Å². The van der Waals surface area contributed by atoms with Crippen molar-refractivity contribution in [3.8, 4) is 17.0 Å². The van der Waals surface area contributed by atoms with Gasteiger partial charge in [0.25, 0.3) is 5.91 Å². The number of benzene rings is 2. The van der Waals surface area contributed by atoms with Gasteiger partial charge in [-0.1, -0.05) is 0 Å². The summed E-state index contributed by atoms with van der Waals surface area (Å²) in [4.78, 5) is 24.5. The van der Waals surface area contributed by atoms with Crippen LogP contribution in [-0.4, -0.2) is 64.3 Å². The molecule has 0 atom stereocenters. The van der Waals surface area contributed by atoms with Gasteiger partial charge in [-0.25, -0.2) is 4.98 Å². The summed E-state index contributed by atoms with van der Waals surface area (Å²) >= 11 is 0. The predicted octanol–water partition coefficient (Wildman–Crippen LogP) is 3.31. The van der Waals surface area contributed by atoms with Crippen molar-refractivity contribution in [3.63, 3.8) is 0 Å². The van der Waals surface area contributed by atoms with Gasteiger partial charge in [0.05, 0.1) is 30.2 Å². The Kier molecular flexibility index (Phi) is 5.03. The molecule has 1 aliphatic rings. The van der Waals surface area contributed by atoms with Gasteiger partial charge in [0.15, 0.2) is 5.82 Å². The van der Waals surface area contributed by atoms with Crippen LogP contribution in [0, 0.1) is 0 Å². The zero-order valence-corrected chi connectivity index (χ0v) is 17.3. The van der Waals surface area contributed by atoms with Crippen molar-refractivity contribution in [2.24, 2.45) is 0 Å². The molecule has 5 rings (SSSR count). The number of anilines is 1. The Hall–Kier alpha value is -3.81. The molecule has 0 saturated carbocycles. The minimum absolute atomic E-state index is 0.0549. The third-order valence-corrected chi connectivity index (χ3v) is 5.74. The van der Waals surface area contributed by atoms with E-state index in [1.807, 2.05) is 47.4 Å². The minimum atomic E-state index is 0.0549. The number of methoxy groups -OCH3 is 1. The molecular weight excluding hydrogens is 392 g/mol. The Morgan fingerprint density at radius 1 is 1.03 bits per heavy atom. The number of nitrogens with zero attached hydrogens (tertiary/aromatic N) is 4. The van der Waals surface area contributed by atoms with E-state index in [9.17, 15) is 4.79 Å². The number of nitrogens with one attached hydrogen (secondary N) is 2. The van der Waals surface area contributed by atoms with E-state index >= 15 is 0 Å². The van der Waals surface area contributed by atoms with Crippen molar-refractivity contribution in [3.05, 3.63) is 60.4 Å². The van der Waals surface area contributed by atoms with E-state index in [1.165, 1.54) is 0 Å². The highest BCUT2D eigenvalue weighted by molar-refractivity contribution is 5.97. The Morgan fingerprint density at radius 2 is 1.90 bits per heavy atom. The first-order valence-corrected chi connectivity index (χ1v) is 10.4. The SMILES string of the molecule is COc1ccc(-c2cc(N3CCCN(C(=O)c4ccc5nc[nH]c5c4)CC3)n[nH]2)cc1. The Morgan fingerprint density at radius 3 is 2.74 bits per heavy atom. The Bertz CT molecular complexity index is 1200. The third-order valence-electron chi connectivity index (χ3n) is 5.74. The van der Waals surface area contributed by atoms with Gasteiger partial charge in [-0.15, -0.1) is 0 Å². The number of aromatic nitrogens is 4. The molecule has 31 heavy (non-hydrogen) atoms. The molecule has 1 amide bonds. The highest BCUT2D eigenvalue weighted by atomic mass is 16.5. The van der Waals surface area contributed by atoms with Crippen LogP contribution in [0.3, 0.4) is 0 Å². The number of H-pyrrole nitrogens is 2. The molecule has 0 spiro atoms. The van der Waals surface area contributed by atoms with Crippen LogP contribution < -0.4 is 9.64 Å². The molecule has 1 saturated heterocycles. The summed E-state index contributed by atoms with van der Waals surface area (Å²) < 4.78 is 5.23. The van der Waals surface area contributed by atoms with Crippen LogP contribution in [0.15, 0.2) is 54.9 Å². The maximum atomic E-state index is 13.0. The third kappa shape index (κ3) is 3.84. The van der Waals surface area contributed by atoms with Gasteiger partial charge in [-0.05, 0) is 54.4 Å². The predicted molar refractivity (Wildman–Crippen MR) is 119 cm³/mol. The Labute approximate surface area is 179 Å². The molecule has 8 heteroatoms. The summed E-state index contributed by atoms with van der Waals surface area (Å²) in [5.74, 6) is 1.78. The molecular formula is C23H24N6O2. The number of amides is 1. The molecule has 2 N–H and O–H groups in total. The van der Waals surface area contributed by atoms with E-state index in [0.717, 1.165) is 59.9 Å². The molecule has 1 aliphatic heterocycles. The average molecular weight is 416 g/mol. The van der Waals surface area contributed by atoms with E-state index in [4.69, 9.17) is 4.74 Å². The van der Waals surface area contributed by atoms with E-state index in [-0.39, 0.29) is 5.91 Å². The molecule has 0 unspecified atom stereocenters. The lowest BCUT2D eigenvalue weighted by Gasteiger charge is -2.22. The lowest BCUT2D eigenvalue weighted by atomic mass is 10.1. The smallest absolute Gasteiger partial charge is 0.253 e. The first-order valence-electron chi connectivity index (χ1n) is 10.4. The van der Waals surface area contributed by atoms with Crippen molar-refractivity contribution in [1.82, 2.24) is 25.1 Å². The quantitative estimate of drug-likeness (QED) is 0.533. The van der Waals surface area contributed by atoms with Crippen LogP contribution in [-0.2, 0) is 0 Å². The number of hydrogen-bond acceptors (Lipinski definition) is 5. The molecule has 0 bridgehead atoms. The number of carbonyl (C=O) groups excluding carboxylic acids is 1. The fourth-order valence-corrected chi connectivity index (χ4v) is 3.99. The highest BCUT2D eigenvalue weighted by Crippen LogP contribution is 2.25. The zero-order chi connectivity index (χ0) is 21.2. The fraction of sp³-hybridized carbons (Fsp3) is 0.261. The first kappa shape index (κ1) is 19.2. The second kappa shape index (κ2) is 8.14. The topological polar surface area (TPSA) is 90.1 Å². The summed E-state index contributed by atoms with van der Waals surface area (Å²) in [5.41, 5.74) is 4.45. The number of fused-ring (bicyclic) bond motifs is 1. The Balaban J connectivity index is 1.27. The van der Waals surface area contributed by atoms with Crippen molar-refractivity contribution < 1.29 is 9.53 Å². The molecule has 1 fully saturated rings. The van der Waals surface area contributed by atoms with Crippen molar-refractivity contribution in [2.45, 2.75) is 6.42 Å². The normalized spacial score (nSPS) is 14.6. The summed E-state index contributed by atoms with van der Waals surface area (Å²) in [7, 11) is 1.66. The summed E-state index contributed by atoms with van der Waals surface area (Å²) in [6, 6.07) is 15.6. The highest BCUT2D eigenvalue weighted by Gasteiger charge is 2.22. The number of imidazole rings is 1. The van der Waals surface area contributed by atoms with Crippen molar-refractivity contribution >= 4 is 22.8 Å². The van der Waals surface area contributed by atoms with E-state index in [1.54, 1.807) is 13.4 Å². The zero-order valence-electron chi connectivity index (χ0n) is 17.3.